The highest BCUT2D eigenvalue weighted by molar-refractivity contribution is 7.80. The maximum atomic E-state index is 6.22. The molecule has 0 fully saturated rings. The monoisotopic (exact) mass is 308 g/mol. The van der Waals surface area contributed by atoms with Crippen molar-refractivity contribution in [3.63, 3.8) is 0 Å². The van der Waals surface area contributed by atoms with Crippen molar-refractivity contribution < 1.29 is 4.42 Å². The van der Waals surface area contributed by atoms with Crippen molar-refractivity contribution in [2.24, 2.45) is 5.73 Å². The molecule has 0 amide bonds. The third-order valence-corrected chi connectivity index (χ3v) is 3.61. The van der Waals surface area contributed by atoms with Gasteiger partial charge in [0.15, 0.2) is 0 Å². The number of rotatable bonds is 6. The van der Waals surface area contributed by atoms with E-state index in [4.69, 9.17) is 34.0 Å². The van der Waals surface area contributed by atoms with Crippen LogP contribution in [-0.2, 0) is 6.42 Å². The Balaban J connectivity index is 1.93. The Kier molecular flexibility index (Phi) is 5.04. The van der Waals surface area contributed by atoms with Gasteiger partial charge in [-0.05, 0) is 43.7 Å². The molecule has 0 aliphatic heterocycles. The van der Waals surface area contributed by atoms with E-state index >= 15 is 0 Å². The summed E-state index contributed by atoms with van der Waals surface area (Å²) in [5.41, 5.74) is 7.24. The fourth-order valence-corrected chi connectivity index (χ4v) is 2.30. The maximum absolute atomic E-state index is 6.22. The Morgan fingerprint density at radius 1 is 1.45 bits per heavy atom. The smallest absolute Gasteiger partial charge is 0.104 e. The van der Waals surface area contributed by atoms with Crippen LogP contribution in [0.1, 0.15) is 24.7 Å². The van der Waals surface area contributed by atoms with Gasteiger partial charge in [-0.15, -0.1) is 0 Å². The number of hydrogen-bond donors (Lipinski definition) is 2. The van der Waals surface area contributed by atoms with Gasteiger partial charge in [0.1, 0.15) is 10.7 Å². The molecule has 0 spiro atoms. The van der Waals surface area contributed by atoms with Gasteiger partial charge in [0.2, 0.25) is 0 Å². The third kappa shape index (κ3) is 3.99. The highest BCUT2D eigenvalue weighted by Gasteiger charge is 2.08. The van der Waals surface area contributed by atoms with Crippen molar-refractivity contribution in [3.05, 3.63) is 52.9 Å². The lowest BCUT2D eigenvalue weighted by Crippen LogP contribution is -2.16. The summed E-state index contributed by atoms with van der Waals surface area (Å²) in [6, 6.07) is 9.73. The first-order valence-corrected chi connectivity index (χ1v) is 7.23. The topological polar surface area (TPSA) is 51.2 Å². The molecule has 2 rings (SSSR count). The molecule has 0 saturated heterocycles. The van der Waals surface area contributed by atoms with Crippen molar-refractivity contribution in [3.8, 4) is 0 Å². The van der Waals surface area contributed by atoms with E-state index in [0.29, 0.717) is 10.0 Å². The molecule has 1 atom stereocenters. The summed E-state index contributed by atoms with van der Waals surface area (Å²) in [6.45, 7) is 2.11. The van der Waals surface area contributed by atoms with Crippen LogP contribution in [0, 0.1) is 0 Å². The van der Waals surface area contributed by atoms with Crippen molar-refractivity contribution in [2.75, 3.05) is 5.32 Å². The number of thiocarbonyl (C=S) groups is 1. The van der Waals surface area contributed by atoms with Gasteiger partial charge < -0.3 is 15.5 Å². The van der Waals surface area contributed by atoms with Gasteiger partial charge in [-0.3, -0.25) is 0 Å². The van der Waals surface area contributed by atoms with Gasteiger partial charge in [-0.1, -0.05) is 23.8 Å². The van der Waals surface area contributed by atoms with Gasteiger partial charge >= 0.3 is 0 Å². The van der Waals surface area contributed by atoms with E-state index in [0.717, 1.165) is 29.9 Å². The minimum Gasteiger partial charge on any atom is -0.469 e. The molecular weight excluding hydrogens is 292 g/mol. The molecule has 1 heterocycles. The number of nitrogens with one attached hydrogen (secondary N) is 1. The first-order valence-electron chi connectivity index (χ1n) is 6.44. The lowest BCUT2D eigenvalue weighted by Gasteiger charge is -2.16. The quantitative estimate of drug-likeness (QED) is 0.792. The second kappa shape index (κ2) is 6.77. The molecule has 0 aliphatic carbocycles. The van der Waals surface area contributed by atoms with Crippen molar-refractivity contribution in [1.29, 1.82) is 0 Å². The van der Waals surface area contributed by atoms with Crippen LogP contribution in [0.15, 0.2) is 41.0 Å². The number of halogens is 1. The third-order valence-electron chi connectivity index (χ3n) is 3.06. The summed E-state index contributed by atoms with van der Waals surface area (Å²) < 4.78 is 5.32. The number of benzene rings is 1. The van der Waals surface area contributed by atoms with E-state index in [1.165, 1.54) is 0 Å². The van der Waals surface area contributed by atoms with E-state index in [9.17, 15) is 0 Å². The Hall–Kier alpha value is -1.52. The standard InChI is InChI=1S/C15H17ClN2OS/c1-10(4-6-12-3-2-8-19-12)18-14-7-5-11(15(17)20)9-13(14)16/h2-3,5,7-10,18H,4,6H2,1H3,(H2,17,20). The largest absolute Gasteiger partial charge is 0.469 e. The predicted molar refractivity (Wildman–Crippen MR) is 87.5 cm³/mol. The lowest BCUT2D eigenvalue weighted by atomic mass is 10.1. The molecule has 1 aromatic carbocycles. The molecule has 0 bridgehead atoms. The fraction of sp³-hybridized carbons (Fsp3) is 0.267. The summed E-state index contributed by atoms with van der Waals surface area (Å²) in [7, 11) is 0. The zero-order chi connectivity index (χ0) is 14.5. The van der Waals surface area contributed by atoms with E-state index in [-0.39, 0.29) is 6.04 Å². The van der Waals surface area contributed by atoms with Gasteiger partial charge in [-0.2, -0.15) is 0 Å². The zero-order valence-electron chi connectivity index (χ0n) is 11.2. The average Bonchev–Trinajstić information content (AvgIpc) is 2.91. The molecule has 0 radical (unpaired) electrons. The summed E-state index contributed by atoms with van der Waals surface area (Å²) >= 11 is 11.1. The molecule has 2 aromatic rings. The Bertz CT molecular complexity index is 584. The second-order valence-electron chi connectivity index (χ2n) is 4.72. The number of anilines is 1. The van der Waals surface area contributed by atoms with Gasteiger partial charge in [0, 0.05) is 18.0 Å². The molecule has 0 saturated carbocycles. The molecule has 1 unspecified atom stereocenters. The maximum Gasteiger partial charge on any atom is 0.104 e. The van der Waals surface area contributed by atoms with Crippen molar-refractivity contribution in [1.82, 2.24) is 0 Å². The number of furan rings is 1. The zero-order valence-corrected chi connectivity index (χ0v) is 12.8. The summed E-state index contributed by atoms with van der Waals surface area (Å²) in [4.78, 5) is 0.351. The normalized spacial score (nSPS) is 12.1. The SMILES string of the molecule is CC(CCc1ccco1)Nc1ccc(C(N)=S)cc1Cl. The highest BCUT2D eigenvalue weighted by Crippen LogP contribution is 2.24. The minimum atomic E-state index is 0.285. The van der Waals surface area contributed by atoms with Gasteiger partial charge in [0.05, 0.1) is 17.0 Å². The van der Waals surface area contributed by atoms with Gasteiger partial charge in [-0.25, -0.2) is 0 Å². The van der Waals surface area contributed by atoms with Gasteiger partial charge in [0.25, 0.3) is 0 Å². The molecule has 106 valence electrons. The first-order chi connectivity index (χ1) is 9.56. The van der Waals surface area contributed by atoms with Crippen LogP contribution in [-0.4, -0.2) is 11.0 Å². The molecule has 1 aromatic heterocycles. The Morgan fingerprint density at radius 3 is 2.85 bits per heavy atom. The van der Waals surface area contributed by atoms with Crippen LogP contribution < -0.4 is 11.1 Å². The number of hydrogen-bond acceptors (Lipinski definition) is 3. The van der Waals surface area contributed by atoms with Crippen LogP contribution >= 0.6 is 23.8 Å². The first kappa shape index (κ1) is 14.9. The van der Waals surface area contributed by atoms with Crippen LogP contribution in [0.3, 0.4) is 0 Å². The number of aryl methyl sites for hydroxylation is 1. The van der Waals surface area contributed by atoms with Crippen LogP contribution in [0.4, 0.5) is 5.69 Å². The summed E-state index contributed by atoms with van der Waals surface area (Å²) in [5, 5.41) is 4.01. The average molecular weight is 309 g/mol. The highest BCUT2D eigenvalue weighted by atomic mass is 35.5. The molecule has 3 N–H and O–H groups in total. The predicted octanol–water partition coefficient (Wildman–Crippen LogP) is 4.00. The van der Waals surface area contributed by atoms with Crippen molar-refractivity contribution in [2.45, 2.75) is 25.8 Å². The fourth-order valence-electron chi connectivity index (χ4n) is 1.94. The molecular formula is C15H17ClN2OS. The summed E-state index contributed by atoms with van der Waals surface area (Å²) in [6.07, 6.45) is 3.55. The summed E-state index contributed by atoms with van der Waals surface area (Å²) in [5.74, 6) is 0.994. The molecule has 3 nitrogen and oxygen atoms in total. The molecule has 20 heavy (non-hydrogen) atoms. The van der Waals surface area contributed by atoms with E-state index in [2.05, 4.69) is 12.2 Å². The van der Waals surface area contributed by atoms with Crippen LogP contribution in [0.25, 0.3) is 0 Å². The molecule has 0 aliphatic rings. The van der Waals surface area contributed by atoms with E-state index in [1.54, 1.807) is 12.3 Å². The molecule has 5 heteroatoms. The number of nitrogens with two attached hydrogens (primary N) is 1. The lowest BCUT2D eigenvalue weighted by molar-refractivity contribution is 0.495. The van der Waals surface area contributed by atoms with E-state index < -0.39 is 0 Å². The van der Waals surface area contributed by atoms with Crippen molar-refractivity contribution >= 4 is 34.5 Å². The van der Waals surface area contributed by atoms with Crippen LogP contribution in [0.5, 0.6) is 0 Å². The Morgan fingerprint density at radius 2 is 2.25 bits per heavy atom. The Labute approximate surface area is 129 Å². The second-order valence-corrected chi connectivity index (χ2v) is 5.57. The van der Waals surface area contributed by atoms with E-state index in [1.807, 2.05) is 24.3 Å². The minimum absolute atomic E-state index is 0.285. The van der Waals surface area contributed by atoms with Crippen LogP contribution in [0.2, 0.25) is 5.02 Å².